The Balaban J connectivity index is 1.98. The predicted octanol–water partition coefficient (Wildman–Crippen LogP) is 1.55. The first kappa shape index (κ1) is 16.2. The van der Waals surface area contributed by atoms with Crippen molar-refractivity contribution in [3.63, 3.8) is 0 Å². The van der Waals surface area contributed by atoms with E-state index >= 15 is 0 Å². The van der Waals surface area contributed by atoms with Crippen LogP contribution in [0.2, 0.25) is 0 Å². The van der Waals surface area contributed by atoms with E-state index in [1.54, 1.807) is 11.3 Å². The van der Waals surface area contributed by atoms with Gasteiger partial charge >= 0.3 is 0 Å². The molecule has 2 aromatic heterocycles. The van der Waals surface area contributed by atoms with Crippen molar-refractivity contribution in [2.75, 3.05) is 27.2 Å². The molecule has 0 fully saturated rings. The molecule has 0 spiro atoms. The average Bonchev–Trinajstić information content (AvgIpc) is 2.96. The van der Waals surface area contributed by atoms with Gasteiger partial charge in [-0.25, -0.2) is 0 Å². The van der Waals surface area contributed by atoms with Crippen LogP contribution in [0.4, 0.5) is 0 Å². The molecular formula is C15H24N4OS. The molecule has 5 nitrogen and oxygen atoms in total. The summed E-state index contributed by atoms with van der Waals surface area (Å²) >= 11 is 1.69. The minimum atomic E-state index is -0.741. The van der Waals surface area contributed by atoms with E-state index in [0.717, 1.165) is 11.3 Å². The van der Waals surface area contributed by atoms with E-state index in [9.17, 15) is 5.11 Å². The highest BCUT2D eigenvalue weighted by atomic mass is 32.1. The molecule has 21 heavy (non-hydrogen) atoms. The Hall–Kier alpha value is -1.21. The Morgan fingerprint density at radius 3 is 2.86 bits per heavy atom. The van der Waals surface area contributed by atoms with Crippen molar-refractivity contribution < 1.29 is 5.11 Å². The highest BCUT2D eigenvalue weighted by Crippen LogP contribution is 2.26. The van der Waals surface area contributed by atoms with Crippen LogP contribution in [0.15, 0.2) is 23.7 Å². The molecule has 0 amide bonds. The smallest absolute Gasteiger partial charge is 0.107 e. The van der Waals surface area contributed by atoms with Gasteiger partial charge in [-0.15, -0.1) is 11.3 Å². The third-order valence-corrected chi connectivity index (χ3v) is 4.01. The Morgan fingerprint density at radius 1 is 1.48 bits per heavy atom. The second-order valence-electron chi connectivity index (χ2n) is 5.99. The quantitative estimate of drug-likeness (QED) is 0.815. The van der Waals surface area contributed by atoms with Crippen molar-refractivity contribution >= 4 is 11.3 Å². The highest BCUT2D eigenvalue weighted by Gasteiger charge is 2.21. The summed E-state index contributed by atoms with van der Waals surface area (Å²) in [5.74, 6) is 0. The lowest BCUT2D eigenvalue weighted by Gasteiger charge is -2.27. The summed E-state index contributed by atoms with van der Waals surface area (Å²) in [6, 6.07) is 4.12. The van der Waals surface area contributed by atoms with Crippen LogP contribution < -0.4 is 5.32 Å². The van der Waals surface area contributed by atoms with E-state index in [1.807, 2.05) is 49.9 Å². The second kappa shape index (κ2) is 6.70. The van der Waals surface area contributed by atoms with Gasteiger partial charge in [0.15, 0.2) is 0 Å². The molecule has 2 N–H and O–H groups in total. The van der Waals surface area contributed by atoms with E-state index < -0.39 is 5.60 Å². The second-order valence-corrected chi connectivity index (χ2v) is 6.94. The van der Waals surface area contributed by atoms with Gasteiger partial charge in [-0.3, -0.25) is 4.68 Å². The summed E-state index contributed by atoms with van der Waals surface area (Å²) in [6.45, 7) is 3.73. The third-order valence-electron chi connectivity index (χ3n) is 3.14. The fourth-order valence-electron chi connectivity index (χ4n) is 2.49. The van der Waals surface area contributed by atoms with E-state index in [0.29, 0.717) is 19.6 Å². The number of likely N-dealkylation sites (N-methyl/N-ethyl adjacent to an activating group) is 1. The molecule has 0 radical (unpaired) electrons. The van der Waals surface area contributed by atoms with Crippen LogP contribution in [0.3, 0.4) is 0 Å². The summed E-state index contributed by atoms with van der Waals surface area (Å²) in [7, 11) is 5.86. The molecule has 2 rings (SSSR count). The highest BCUT2D eigenvalue weighted by molar-refractivity contribution is 7.13. The van der Waals surface area contributed by atoms with Gasteiger partial charge in [0.25, 0.3) is 0 Å². The van der Waals surface area contributed by atoms with Crippen LogP contribution in [0.5, 0.6) is 0 Å². The maximum Gasteiger partial charge on any atom is 0.107 e. The zero-order valence-corrected chi connectivity index (χ0v) is 13.9. The van der Waals surface area contributed by atoms with E-state index in [-0.39, 0.29) is 0 Å². The molecule has 2 heterocycles. The number of aryl methyl sites for hydroxylation is 1. The molecule has 6 heteroatoms. The normalized spacial score (nSPS) is 14.6. The number of nitrogens with one attached hydrogen (secondary N) is 1. The van der Waals surface area contributed by atoms with Crippen LogP contribution in [0, 0.1) is 0 Å². The van der Waals surface area contributed by atoms with E-state index in [4.69, 9.17) is 0 Å². The van der Waals surface area contributed by atoms with Gasteiger partial charge in [0, 0.05) is 38.4 Å². The molecule has 0 aromatic carbocycles. The first-order chi connectivity index (χ1) is 9.87. The van der Waals surface area contributed by atoms with Crippen LogP contribution in [-0.2, 0) is 13.6 Å². The summed E-state index contributed by atoms with van der Waals surface area (Å²) in [4.78, 5) is 3.16. The first-order valence-electron chi connectivity index (χ1n) is 7.01. The minimum absolute atomic E-state index is 0.546. The standard InChI is InChI=1S/C15H24N4OS/c1-15(20,11-18(2)3)10-16-8-12-9-19(4)17-14(12)13-6-5-7-21-13/h5-7,9,16,20H,8,10-11H2,1-4H3. The van der Waals surface area contributed by atoms with Gasteiger partial charge < -0.3 is 15.3 Å². The average molecular weight is 308 g/mol. The van der Waals surface area contributed by atoms with Gasteiger partial charge in [-0.2, -0.15) is 5.10 Å². The molecule has 0 aliphatic rings. The zero-order valence-electron chi connectivity index (χ0n) is 13.1. The topological polar surface area (TPSA) is 53.3 Å². The Bertz CT molecular complexity index is 560. The number of nitrogens with zero attached hydrogens (tertiary/aromatic N) is 3. The van der Waals surface area contributed by atoms with Crippen LogP contribution >= 0.6 is 11.3 Å². The van der Waals surface area contributed by atoms with Gasteiger partial charge in [-0.1, -0.05) is 6.07 Å². The number of thiophene rings is 1. The minimum Gasteiger partial charge on any atom is -0.388 e. The van der Waals surface area contributed by atoms with E-state index in [1.165, 1.54) is 4.88 Å². The Kier molecular flexibility index (Phi) is 5.16. The lowest BCUT2D eigenvalue weighted by atomic mass is 10.1. The number of rotatable bonds is 7. The number of hydrogen-bond acceptors (Lipinski definition) is 5. The molecule has 1 atom stereocenters. The summed E-state index contributed by atoms with van der Waals surface area (Å²) in [5, 5.41) is 20.2. The molecular weight excluding hydrogens is 284 g/mol. The largest absolute Gasteiger partial charge is 0.388 e. The third kappa shape index (κ3) is 4.64. The van der Waals surface area contributed by atoms with Crippen LogP contribution in [0.1, 0.15) is 12.5 Å². The van der Waals surface area contributed by atoms with E-state index in [2.05, 4.69) is 21.9 Å². The van der Waals surface area contributed by atoms with Crippen LogP contribution in [-0.4, -0.2) is 52.6 Å². The number of aliphatic hydroxyl groups is 1. The van der Waals surface area contributed by atoms with Crippen molar-refractivity contribution in [2.45, 2.75) is 19.1 Å². The summed E-state index contributed by atoms with van der Waals surface area (Å²) in [6.07, 6.45) is 2.03. The fraction of sp³-hybridized carbons (Fsp3) is 0.533. The van der Waals surface area contributed by atoms with Crippen molar-refractivity contribution in [3.05, 3.63) is 29.3 Å². The first-order valence-corrected chi connectivity index (χ1v) is 7.89. The van der Waals surface area contributed by atoms with Gasteiger partial charge in [-0.05, 0) is 32.5 Å². The molecule has 1 unspecified atom stereocenters. The predicted molar refractivity (Wildman–Crippen MR) is 87.4 cm³/mol. The lowest BCUT2D eigenvalue weighted by Crippen LogP contribution is -2.45. The molecule has 2 aromatic rings. The number of hydrogen-bond donors (Lipinski definition) is 2. The zero-order chi connectivity index (χ0) is 15.5. The molecule has 0 saturated carbocycles. The van der Waals surface area contributed by atoms with Gasteiger partial charge in [0.05, 0.1) is 10.5 Å². The molecule has 0 aliphatic carbocycles. The SMILES string of the molecule is CN(C)CC(C)(O)CNCc1cn(C)nc1-c1cccs1. The lowest BCUT2D eigenvalue weighted by molar-refractivity contribution is 0.0336. The molecule has 116 valence electrons. The maximum atomic E-state index is 10.3. The molecule has 0 saturated heterocycles. The van der Waals surface area contributed by atoms with Crippen molar-refractivity contribution in [3.8, 4) is 10.6 Å². The molecule has 0 bridgehead atoms. The Labute approximate surface area is 130 Å². The Morgan fingerprint density at radius 2 is 2.24 bits per heavy atom. The van der Waals surface area contributed by atoms with Gasteiger partial charge in [0.2, 0.25) is 0 Å². The fourth-order valence-corrected chi connectivity index (χ4v) is 3.24. The van der Waals surface area contributed by atoms with Crippen LogP contribution in [0.25, 0.3) is 10.6 Å². The van der Waals surface area contributed by atoms with Crippen molar-refractivity contribution in [1.82, 2.24) is 20.0 Å². The monoisotopic (exact) mass is 308 g/mol. The molecule has 0 aliphatic heterocycles. The summed E-state index contributed by atoms with van der Waals surface area (Å²) in [5.41, 5.74) is 1.43. The van der Waals surface area contributed by atoms with Gasteiger partial charge in [0.1, 0.15) is 5.69 Å². The van der Waals surface area contributed by atoms with Crippen molar-refractivity contribution in [1.29, 1.82) is 0 Å². The summed E-state index contributed by atoms with van der Waals surface area (Å²) < 4.78 is 1.84. The maximum absolute atomic E-state index is 10.3. The number of aromatic nitrogens is 2. The van der Waals surface area contributed by atoms with Crippen molar-refractivity contribution in [2.24, 2.45) is 7.05 Å².